The molecule has 0 aliphatic carbocycles. The highest BCUT2D eigenvalue weighted by Gasteiger charge is 2.10. The molecule has 0 aliphatic rings. The van der Waals surface area contributed by atoms with Gasteiger partial charge >= 0.3 is 0 Å². The second-order valence-electron chi connectivity index (χ2n) is 4.24. The number of benzene rings is 2. The minimum absolute atomic E-state index is 0.0711. The summed E-state index contributed by atoms with van der Waals surface area (Å²) >= 11 is 0. The van der Waals surface area contributed by atoms with Gasteiger partial charge in [0.25, 0.3) is 0 Å². The summed E-state index contributed by atoms with van der Waals surface area (Å²) in [4.78, 5) is 0. The van der Waals surface area contributed by atoms with E-state index in [-0.39, 0.29) is 12.6 Å². The molecule has 0 amide bonds. The fourth-order valence-corrected chi connectivity index (χ4v) is 2.03. The quantitative estimate of drug-likeness (QED) is 0.846. The van der Waals surface area contributed by atoms with Gasteiger partial charge in [-0.15, -0.1) is 0 Å². The second kappa shape index (κ2) is 5.13. The molecule has 0 bridgehead atoms. The first kappa shape index (κ1) is 11.8. The minimum Gasteiger partial charge on any atom is -0.392 e. The maximum Gasteiger partial charge on any atom is 0.0681 e. The number of aryl methyl sites for hydroxylation is 1. The first-order valence-electron chi connectivity index (χ1n) is 5.73. The van der Waals surface area contributed by atoms with E-state index in [1.165, 1.54) is 0 Å². The molecule has 3 N–H and O–H groups in total. The topological polar surface area (TPSA) is 46.2 Å². The van der Waals surface area contributed by atoms with Crippen LogP contribution in [0.5, 0.6) is 0 Å². The Morgan fingerprint density at radius 1 is 1.12 bits per heavy atom. The first-order chi connectivity index (χ1) is 8.22. The predicted octanol–water partition coefficient (Wildman–Crippen LogP) is 2.54. The molecule has 0 saturated heterocycles. The average molecular weight is 227 g/mol. The third kappa shape index (κ3) is 2.54. The third-order valence-electron chi connectivity index (χ3n) is 3.01. The van der Waals surface area contributed by atoms with Crippen LogP contribution in [-0.4, -0.2) is 5.11 Å². The SMILES string of the molecule is Cc1cc(CO)ccc1C(N)c1ccccc1. The van der Waals surface area contributed by atoms with Crippen LogP contribution >= 0.6 is 0 Å². The summed E-state index contributed by atoms with van der Waals surface area (Å²) in [6.45, 7) is 2.10. The summed E-state index contributed by atoms with van der Waals surface area (Å²) in [6.07, 6.45) is 0. The van der Waals surface area contributed by atoms with E-state index in [0.29, 0.717) is 0 Å². The van der Waals surface area contributed by atoms with E-state index in [1.54, 1.807) is 0 Å². The molecule has 2 nitrogen and oxygen atoms in total. The smallest absolute Gasteiger partial charge is 0.0681 e. The molecule has 88 valence electrons. The summed E-state index contributed by atoms with van der Waals surface area (Å²) in [5.74, 6) is 0. The Morgan fingerprint density at radius 3 is 2.41 bits per heavy atom. The van der Waals surface area contributed by atoms with Crippen LogP contribution in [0.2, 0.25) is 0 Å². The van der Waals surface area contributed by atoms with Gasteiger partial charge in [0.05, 0.1) is 12.6 Å². The maximum absolute atomic E-state index is 9.08. The Hall–Kier alpha value is -1.64. The summed E-state index contributed by atoms with van der Waals surface area (Å²) in [7, 11) is 0. The Bertz CT molecular complexity index is 494. The molecule has 17 heavy (non-hydrogen) atoms. The van der Waals surface area contributed by atoms with Crippen LogP contribution in [0.15, 0.2) is 48.5 Å². The lowest BCUT2D eigenvalue weighted by Gasteiger charge is -2.15. The number of nitrogens with two attached hydrogens (primary N) is 1. The zero-order valence-electron chi connectivity index (χ0n) is 9.93. The van der Waals surface area contributed by atoms with E-state index in [9.17, 15) is 0 Å². The lowest BCUT2D eigenvalue weighted by atomic mass is 9.94. The Balaban J connectivity index is 2.34. The minimum atomic E-state index is -0.107. The average Bonchev–Trinajstić information content (AvgIpc) is 2.39. The number of hydrogen-bond donors (Lipinski definition) is 2. The zero-order chi connectivity index (χ0) is 12.3. The van der Waals surface area contributed by atoms with E-state index in [2.05, 4.69) is 0 Å². The molecule has 2 aromatic carbocycles. The molecule has 2 heteroatoms. The van der Waals surface area contributed by atoms with E-state index in [0.717, 1.165) is 22.3 Å². The molecule has 1 atom stereocenters. The van der Waals surface area contributed by atoms with E-state index < -0.39 is 0 Å². The van der Waals surface area contributed by atoms with Gasteiger partial charge in [0, 0.05) is 0 Å². The number of rotatable bonds is 3. The van der Waals surface area contributed by atoms with E-state index in [4.69, 9.17) is 10.8 Å². The number of aliphatic hydroxyl groups excluding tert-OH is 1. The molecule has 2 aromatic rings. The van der Waals surface area contributed by atoms with E-state index in [1.807, 2.05) is 55.5 Å². The molecule has 0 aromatic heterocycles. The van der Waals surface area contributed by atoms with Crippen molar-refractivity contribution >= 4 is 0 Å². The highest BCUT2D eigenvalue weighted by molar-refractivity contribution is 5.38. The van der Waals surface area contributed by atoms with Crippen LogP contribution in [0.3, 0.4) is 0 Å². The summed E-state index contributed by atoms with van der Waals surface area (Å²) in [5.41, 5.74) is 10.5. The van der Waals surface area contributed by atoms with Crippen LogP contribution in [-0.2, 0) is 6.61 Å². The number of aliphatic hydroxyl groups is 1. The van der Waals surface area contributed by atoms with Crippen molar-refractivity contribution in [2.75, 3.05) is 0 Å². The highest BCUT2D eigenvalue weighted by Crippen LogP contribution is 2.23. The summed E-state index contributed by atoms with van der Waals surface area (Å²) in [6, 6.07) is 15.8. The van der Waals surface area contributed by atoms with Crippen molar-refractivity contribution in [3.05, 3.63) is 70.8 Å². The van der Waals surface area contributed by atoms with Crippen molar-refractivity contribution in [1.29, 1.82) is 0 Å². The van der Waals surface area contributed by atoms with Gasteiger partial charge in [-0.1, -0.05) is 48.5 Å². The van der Waals surface area contributed by atoms with Crippen LogP contribution in [0.4, 0.5) is 0 Å². The zero-order valence-corrected chi connectivity index (χ0v) is 9.93. The molecule has 2 rings (SSSR count). The van der Waals surface area contributed by atoms with Gasteiger partial charge in [-0.2, -0.15) is 0 Å². The molecule has 0 saturated carbocycles. The molecule has 1 unspecified atom stereocenters. The van der Waals surface area contributed by atoms with Gasteiger partial charge in [-0.05, 0) is 29.2 Å². The first-order valence-corrected chi connectivity index (χ1v) is 5.73. The predicted molar refractivity (Wildman–Crippen MR) is 69.6 cm³/mol. The molecular formula is C15H17NO. The second-order valence-corrected chi connectivity index (χ2v) is 4.24. The number of hydrogen-bond acceptors (Lipinski definition) is 2. The largest absolute Gasteiger partial charge is 0.392 e. The van der Waals surface area contributed by atoms with Crippen LogP contribution < -0.4 is 5.73 Å². The Kier molecular flexibility index (Phi) is 3.57. The molecule has 0 radical (unpaired) electrons. The normalized spacial score (nSPS) is 12.4. The van der Waals surface area contributed by atoms with Gasteiger partial charge < -0.3 is 10.8 Å². The monoisotopic (exact) mass is 227 g/mol. The molecule has 0 fully saturated rings. The van der Waals surface area contributed by atoms with Crippen molar-refractivity contribution in [2.45, 2.75) is 19.6 Å². The van der Waals surface area contributed by atoms with Crippen LogP contribution in [0, 0.1) is 6.92 Å². The summed E-state index contributed by atoms with van der Waals surface area (Å²) < 4.78 is 0. The van der Waals surface area contributed by atoms with Crippen molar-refractivity contribution in [3.8, 4) is 0 Å². The lowest BCUT2D eigenvalue weighted by molar-refractivity contribution is 0.281. The Morgan fingerprint density at radius 2 is 1.82 bits per heavy atom. The fraction of sp³-hybridized carbons (Fsp3) is 0.200. The van der Waals surface area contributed by atoms with Crippen LogP contribution in [0.25, 0.3) is 0 Å². The highest BCUT2D eigenvalue weighted by atomic mass is 16.3. The van der Waals surface area contributed by atoms with Gasteiger partial charge in [-0.25, -0.2) is 0 Å². The maximum atomic E-state index is 9.08. The fourth-order valence-electron chi connectivity index (χ4n) is 2.03. The van der Waals surface area contributed by atoms with Crippen molar-refractivity contribution in [2.24, 2.45) is 5.73 Å². The van der Waals surface area contributed by atoms with Gasteiger partial charge in [0.2, 0.25) is 0 Å². The van der Waals surface area contributed by atoms with E-state index >= 15 is 0 Å². The van der Waals surface area contributed by atoms with Crippen molar-refractivity contribution < 1.29 is 5.11 Å². The van der Waals surface area contributed by atoms with Gasteiger partial charge in [0.1, 0.15) is 0 Å². The molecular weight excluding hydrogens is 210 g/mol. The molecule has 0 spiro atoms. The van der Waals surface area contributed by atoms with Crippen molar-refractivity contribution in [3.63, 3.8) is 0 Å². The Labute approximate surface area is 102 Å². The van der Waals surface area contributed by atoms with Gasteiger partial charge in [-0.3, -0.25) is 0 Å². The van der Waals surface area contributed by atoms with Crippen LogP contribution in [0.1, 0.15) is 28.3 Å². The van der Waals surface area contributed by atoms with Crippen molar-refractivity contribution in [1.82, 2.24) is 0 Å². The lowest BCUT2D eigenvalue weighted by Crippen LogP contribution is -2.13. The third-order valence-corrected chi connectivity index (χ3v) is 3.01. The van der Waals surface area contributed by atoms with Gasteiger partial charge in [0.15, 0.2) is 0 Å². The molecule has 0 heterocycles. The molecule has 0 aliphatic heterocycles. The summed E-state index contributed by atoms with van der Waals surface area (Å²) in [5, 5.41) is 9.08. The standard InChI is InChI=1S/C15H17NO/c1-11-9-12(10-17)7-8-14(11)15(16)13-5-3-2-4-6-13/h2-9,15,17H,10,16H2,1H3.